The zero-order valence-corrected chi connectivity index (χ0v) is 18.2. The Morgan fingerprint density at radius 1 is 1.03 bits per heavy atom. The fourth-order valence-corrected chi connectivity index (χ4v) is 5.76. The number of sulfonamides is 1. The molecule has 0 aromatic heterocycles. The summed E-state index contributed by atoms with van der Waals surface area (Å²) in [6.07, 6.45) is 4.89. The van der Waals surface area contributed by atoms with Crippen LogP contribution < -0.4 is 10.0 Å². The van der Waals surface area contributed by atoms with Crippen molar-refractivity contribution in [1.82, 2.24) is 0 Å². The lowest BCUT2D eigenvalue weighted by Crippen LogP contribution is -2.30. The minimum Gasteiger partial charge on any atom is -0.478 e. The van der Waals surface area contributed by atoms with Gasteiger partial charge in [-0.05, 0) is 66.4 Å². The monoisotopic (exact) mass is 464 g/mol. The predicted molar refractivity (Wildman–Crippen MR) is 123 cm³/mol. The van der Waals surface area contributed by atoms with E-state index in [0.717, 1.165) is 17.7 Å². The van der Waals surface area contributed by atoms with Gasteiger partial charge >= 0.3 is 5.97 Å². The van der Waals surface area contributed by atoms with E-state index in [1.165, 1.54) is 36.4 Å². The highest BCUT2D eigenvalue weighted by Gasteiger charge is 2.39. The lowest BCUT2D eigenvalue weighted by molar-refractivity contribution is 0.0697. The lowest BCUT2D eigenvalue weighted by Gasteiger charge is -2.37. The summed E-state index contributed by atoms with van der Waals surface area (Å²) in [6, 6.07) is 16.9. The third kappa shape index (κ3) is 3.87. The molecule has 0 spiro atoms. The number of nitrogens with one attached hydrogen (secondary N) is 2. The molecule has 0 bridgehead atoms. The van der Waals surface area contributed by atoms with Gasteiger partial charge in [0, 0.05) is 22.9 Å². The molecule has 168 valence electrons. The van der Waals surface area contributed by atoms with Crippen LogP contribution >= 0.6 is 0 Å². The van der Waals surface area contributed by atoms with Crippen LogP contribution in [0.5, 0.6) is 0 Å². The van der Waals surface area contributed by atoms with Gasteiger partial charge < -0.3 is 10.4 Å². The molecule has 0 unspecified atom stereocenters. The van der Waals surface area contributed by atoms with Crippen LogP contribution in [0.4, 0.5) is 15.8 Å². The van der Waals surface area contributed by atoms with Gasteiger partial charge in [-0.25, -0.2) is 17.6 Å². The predicted octanol–water partition coefficient (Wildman–Crippen LogP) is 5.15. The summed E-state index contributed by atoms with van der Waals surface area (Å²) < 4.78 is 43.1. The summed E-state index contributed by atoms with van der Waals surface area (Å²) in [5.74, 6) is -1.30. The number of hydrogen-bond donors (Lipinski definition) is 3. The average Bonchev–Trinajstić information content (AvgIpc) is 3.29. The Bertz CT molecular complexity index is 1370. The zero-order valence-electron chi connectivity index (χ0n) is 17.4. The van der Waals surface area contributed by atoms with Crippen molar-refractivity contribution >= 4 is 27.4 Å². The maximum absolute atomic E-state index is 14.5. The van der Waals surface area contributed by atoms with E-state index >= 15 is 0 Å². The first-order valence-corrected chi connectivity index (χ1v) is 12.0. The van der Waals surface area contributed by atoms with E-state index in [1.807, 2.05) is 6.07 Å². The fraction of sp³-hybridized carbons (Fsp3) is 0.160. The number of halogens is 1. The fourth-order valence-electron chi connectivity index (χ4n) is 4.67. The number of rotatable bonds is 5. The van der Waals surface area contributed by atoms with E-state index in [9.17, 15) is 17.6 Å². The summed E-state index contributed by atoms with van der Waals surface area (Å²) in [7, 11) is -3.89. The third-order valence-corrected chi connectivity index (χ3v) is 7.65. The van der Waals surface area contributed by atoms with Gasteiger partial charge in [0.1, 0.15) is 5.82 Å². The average molecular weight is 465 g/mol. The Balaban J connectivity index is 1.46. The molecule has 5 rings (SSSR count). The largest absolute Gasteiger partial charge is 0.478 e. The molecule has 0 amide bonds. The quantitative estimate of drug-likeness (QED) is 0.454. The van der Waals surface area contributed by atoms with Crippen molar-refractivity contribution in [2.45, 2.75) is 23.3 Å². The van der Waals surface area contributed by atoms with Crippen molar-refractivity contribution in [3.8, 4) is 0 Å². The molecule has 0 saturated carbocycles. The van der Waals surface area contributed by atoms with Crippen LogP contribution in [0.3, 0.4) is 0 Å². The number of allylic oxidation sites excluding steroid dienone is 2. The molecule has 3 aromatic rings. The van der Waals surface area contributed by atoms with Crippen LogP contribution in [0.1, 0.15) is 39.9 Å². The summed E-state index contributed by atoms with van der Waals surface area (Å²) in [4.78, 5) is 11.1. The topological polar surface area (TPSA) is 95.5 Å². The molecule has 3 atom stereocenters. The maximum Gasteiger partial charge on any atom is 0.335 e. The number of benzene rings is 3. The van der Waals surface area contributed by atoms with Crippen LogP contribution in [0.2, 0.25) is 0 Å². The Kier molecular flexibility index (Phi) is 5.17. The number of carboxylic acids is 1. The Hall–Kier alpha value is -3.65. The Morgan fingerprint density at radius 3 is 2.52 bits per heavy atom. The number of aromatic carboxylic acids is 1. The zero-order chi connectivity index (χ0) is 23.2. The molecule has 2 aliphatic rings. The van der Waals surface area contributed by atoms with E-state index in [4.69, 9.17) is 5.11 Å². The molecule has 1 heterocycles. The van der Waals surface area contributed by atoms with Crippen molar-refractivity contribution in [3.63, 3.8) is 0 Å². The van der Waals surface area contributed by atoms with Gasteiger partial charge in [-0.15, -0.1) is 0 Å². The number of fused-ring (bicyclic) bond motifs is 3. The summed E-state index contributed by atoms with van der Waals surface area (Å²) >= 11 is 0. The van der Waals surface area contributed by atoms with Crippen LogP contribution in [0.25, 0.3) is 0 Å². The molecule has 1 aliphatic heterocycles. The first kappa shape index (κ1) is 21.2. The SMILES string of the molecule is O=C(O)c1ccc(NS(=O)(=O)c2ccc3c(c2)[C@@H]2C=CC[C@@H]2[C@H](c2ccccc2F)N3)cc1. The van der Waals surface area contributed by atoms with Crippen LogP contribution in [-0.2, 0) is 10.0 Å². The van der Waals surface area contributed by atoms with Crippen molar-refractivity contribution in [3.05, 3.63) is 101 Å². The normalized spacial score (nSPS) is 21.1. The molecular formula is C25H21FN2O4S. The van der Waals surface area contributed by atoms with Crippen molar-refractivity contribution < 1.29 is 22.7 Å². The van der Waals surface area contributed by atoms with Crippen LogP contribution in [0, 0.1) is 11.7 Å². The second kappa shape index (κ2) is 8.04. The minimum absolute atomic E-state index is 0.0316. The van der Waals surface area contributed by atoms with Gasteiger partial charge in [0.15, 0.2) is 0 Å². The van der Waals surface area contributed by atoms with Crippen molar-refractivity contribution in [1.29, 1.82) is 0 Å². The number of anilines is 2. The summed E-state index contributed by atoms with van der Waals surface area (Å²) in [6.45, 7) is 0. The Morgan fingerprint density at radius 2 is 1.79 bits per heavy atom. The standard InChI is InChI=1S/C25H21FN2O4S/c26-22-7-2-1-4-20(22)24-19-6-3-5-18(19)21-14-17(12-13-23(21)27-24)33(31,32)28-16-10-8-15(9-11-16)25(29)30/h1-5,7-14,18-19,24,27-28H,6H2,(H,29,30)/t18-,19+,24-/m1/s1. The van der Waals surface area contributed by atoms with Crippen LogP contribution in [-0.4, -0.2) is 19.5 Å². The van der Waals surface area contributed by atoms with Gasteiger partial charge in [-0.1, -0.05) is 30.4 Å². The van der Waals surface area contributed by atoms with E-state index < -0.39 is 16.0 Å². The molecule has 0 saturated heterocycles. The first-order chi connectivity index (χ1) is 15.8. The molecular weight excluding hydrogens is 443 g/mol. The van der Waals surface area contributed by atoms with Gasteiger partial charge in [-0.2, -0.15) is 0 Å². The molecule has 0 fully saturated rings. The number of hydrogen-bond acceptors (Lipinski definition) is 4. The lowest BCUT2D eigenvalue weighted by atomic mass is 9.77. The van der Waals surface area contributed by atoms with Gasteiger partial charge in [0.05, 0.1) is 16.5 Å². The minimum atomic E-state index is -3.89. The van der Waals surface area contributed by atoms with E-state index in [1.54, 1.807) is 24.3 Å². The van der Waals surface area contributed by atoms with E-state index in [0.29, 0.717) is 5.56 Å². The molecule has 33 heavy (non-hydrogen) atoms. The second-order valence-corrected chi connectivity index (χ2v) is 9.92. The molecule has 3 aromatic carbocycles. The highest BCUT2D eigenvalue weighted by atomic mass is 32.2. The van der Waals surface area contributed by atoms with Gasteiger partial charge in [-0.3, -0.25) is 4.72 Å². The highest BCUT2D eigenvalue weighted by Crippen LogP contribution is 2.50. The van der Waals surface area contributed by atoms with E-state index in [2.05, 4.69) is 22.2 Å². The summed E-state index contributed by atoms with van der Waals surface area (Å²) in [5.41, 5.74) is 2.58. The van der Waals surface area contributed by atoms with Gasteiger partial charge in [0.25, 0.3) is 10.0 Å². The highest BCUT2D eigenvalue weighted by molar-refractivity contribution is 7.92. The number of carboxylic acid groups (broad SMARTS) is 1. The van der Waals surface area contributed by atoms with Crippen molar-refractivity contribution in [2.75, 3.05) is 10.0 Å². The van der Waals surface area contributed by atoms with Crippen LogP contribution in [0.15, 0.2) is 83.8 Å². The second-order valence-electron chi connectivity index (χ2n) is 8.23. The van der Waals surface area contributed by atoms with E-state index in [-0.39, 0.29) is 39.8 Å². The molecule has 6 nitrogen and oxygen atoms in total. The van der Waals surface area contributed by atoms with Gasteiger partial charge in [0.2, 0.25) is 0 Å². The summed E-state index contributed by atoms with van der Waals surface area (Å²) in [5, 5.41) is 12.4. The molecule has 3 N–H and O–H groups in total. The maximum atomic E-state index is 14.5. The Labute approximate surface area is 190 Å². The third-order valence-electron chi connectivity index (χ3n) is 6.27. The van der Waals surface area contributed by atoms with Crippen molar-refractivity contribution in [2.24, 2.45) is 5.92 Å². The number of carbonyl (C=O) groups is 1. The molecule has 0 radical (unpaired) electrons. The first-order valence-electron chi connectivity index (χ1n) is 10.5. The smallest absolute Gasteiger partial charge is 0.335 e. The molecule has 8 heteroatoms. The molecule has 1 aliphatic carbocycles.